The van der Waals surface area contributed by atoms with E-state index in [0.29, 0.717) is 52.6 Å². The van der Waals surface area contributed by atoms with Gasteiger partial charge in [-0.2, -0.15) is 5.10 Å². The first-order chi connectivity index (χ1) is 20.9. The molecule has 12 heteroatoms. The van der Waals surface area contributed by atoms with Gasteiger partial charge in [0.05, 0.1) is 34.3 Å². The molecule has 0 radical (unpaired) electrons. The van der Waals surface area contributed by atoms with Crippen molar-refractivity contribution in [2.75, 3.05) is 13.6 Å². The number of hydrogen-bond acceptors (Lipinski definition) is 6. The fourth-order valence-electron chi connectivity index (χ4n) is 5.64. The first-order valence-electron chi connectivity index (χ1n) is 13.7. The average Bonchev–Trinajstić information content (AvgIpc) is 3.65. The lowest BCUT2D eigenvalue weighted by molar-refractivity contribution is -0.570. The van der Waals surface area contributed by atoms with E-state index < -0.39 is 6.17 Å². The summed E-state index contributed by atoms with van der Waals surface area (Å²) in [7, 11) is 1.73. The molecule has 3 aromatic carbocycles. The predicted molar refractivity (Wildman–Crippen MR) is 164 cm³/mol. The minimum Gasteiger partial charge on any atom is -0.332 e. The Morgan fingerprint density at radius 3 is 2.60 bits per heavy atom. The Balaban J connectivity index is 1.34. The summed E-state index contributed by atoms with van der Waals surface area (Å²) in [6.07, 6.45) is 2.40. The highest BCUT2D eigenvalue weighted by Crippen LogP contribution is 2.29. The minimum atomic E-state index is -0.410. The van der Waals surface area contributed by atoms with Crippen molar-refractivity contribution in [2.45, 2.75) is 25.6 Å². The number of carbonyl (C=O) groups excluding carboxylic acids is 1. The topological polar surface area (TPSA) is 99.7 Å². The van der Waals surface area contributed by atoms with Crippen LogP contribution >= 0.6 is 27.5 Å². The van der Waals surface area contributed by atoms with Crippen molar-refractivity contribution in [3.63, 3.8) is 0 Å². The third-order valence-electron chi connectivity index (χ3n) is 7.77. The largest absolute Gasteiger partial charge is 0.332 e. The van der Waals surface area contributed by atoms with Crippen molar-refractivity contribution in [1.82, 2.24) is 19.1 Å². The molecule has 5 aromatic rings. The second kappa shape index (κ2) is 11.0. The summed E-state index contributed by atoms with van der Waals surface area (Å²) in [6, 6.07) is 22.9. The fraction of sp³-hybridized carbons (Fsp3) is 0.194. The molecular formula is C31H25BrClN8O2+. The molecule has 1 atom stereocenters. The molecule has 1 unspecified atom stereocenters. The summed E-state index contributed by atoms with van der Waals surface area (Å²) in [5.74, 6) is -0.148. The van der Waals surface area contributed by atoms with Gasteiger partial charge in [-0.3, -0.25) is 14.2 Å². The first kappa shape index (κ1) is 27.4. The molecule has 0 N–H and O–H groups in total. The van der Waals surface area contributed by atoms with Crippen LogP contribution < -0.4 is 5.56 Å². The monoisotopic (exact) mass is 655 g/mol. The number of amides is 1. The van der Waals surface area contributed by atoms with Crippen LogP contribution in [-0.2, 0) is 19.4 Å². The molecule has 2 aliphatic rings. The molecule has 0 saturated carbocycles. The van der Waals surface area contributed by atoms with Crippen molar-refractivity contribution < 1.29 is 9.60 Å². The number of rotatable bonds is 5. The number of aromatic nitrogens is 3. The van der Waals surface area contributed by atoms with Gasteiger partial charge in [0, 0.05) is 39.7 Å². The Morgan fingerprint density at radius 1 is 1.09 bits per heavy atom. The van der Waals surface area contributed by atoms with Gasteiger partial charge in [0.15, 0.2) is 5.22 Å². The van der Waals surface area contributed by atoms with Crippen LogP contribution in [-0.4, -0.2) is 43.4 Å². The Labute approximate surface area is 259 Å². The van der Waals surface area contributed by atoms with Crippen molar-refractivity contribution in [1.29, 1.82) is 0 Å². The summed E-state index contributed by atoms with van der Waals surface area (Å²) in [5, 5.41) is 17.7. The second-order valence-electron chi connectivity index (χ2n) is 10.5. The number of azo groups is 1. The van der Waals surface area contributed by atoms with Crippen molar-refractivity contribution in [2.24, 2.45) is 15.5 Å². The summed E-state index contributed by atoms with van der Waals surface area (Å²) in [5.41, 5.74) is 5.99. The average molecular weight is 657 g/mol. The lowest BCUT2D eigenvalue weighted by Crippen LogP contribution is -2.41. The van der Waals surface area contributed by atoms with Crippen LogP contribution in [0, 0.1) is 0 Å². The van der Waals surface area contributed by atoms with E-state index in [0.717, 1.165) is 21.2 Å². The molecule has 4 heterocycles. The van der Waals surface area contributed by atoms with E-state index in [1.807, 2.05) is 53.2 Å². The normalized spacial score (nSPS) is 16.0. The highest BCUT2D eigenvalue weighted by molar-refractivity contribution is 9.10. The van der Waals surface area contributed by atoms with Gasteiger partial charge in [0.2, 0.25) is 0 Å². The number of benzene rings is 3. The quantitative estimate of drug-likeness (QED) is 0.212. The van der Waals surface area contributed by atoms with Crippen LogP contribution in [0.15, 0.2) is 104 Å². The van der Waals surface area contributed by atoms with Crippen LogP contribution in [0.4, 0.5) is 0 Å². The Kier molecular flexibility index (Phi) is 6.98. The van der Waals surface area contributed by atoms with Gasteiger partial charge in [-0.1, -0.05) is 54.1 Å². The van der Waals surface area contributed by atoms with E-state index >= 15 is 0 Å². The van der Waals surface area contributed by atoms with Crippen molar-refractivity contribution in [3.8, 4) is 5.69 Å². The second-order valence-corrected chi connectivity index (χ2v) is 11.8. The van der Waals surface area contributed by atoms with Crippen molar-refractivity contribution >= 4 is 39.1 Å². The zero-order valence-electron chi connectivity index (χ0n) is 23.1. The van der Waals surface area contributed by atoms with E-state index in [4.69, 9.17) is 16.7 Å². The highest BCUT2D eigenvalue weighted by atomic mass is 79.9. The molecule has 1 amide bonds. The Bertz CT molecular complexity index is 2020. The molecule has 214 valence electrons. The zero-order chi connectivity index (χ0) is 29.7. The van der Waals surface area contributed by atoms with Gasteiger partial charge < -0.3 is 4.90 Å². The third-order valence-corrected chi connectivity index (χ3v) is 9.01. The van der Waals surface area contributed by atoms with Gasteiger partial charge in [-0.15, -0.1) is 0 Å². The SMILES string of the molecule is C[N+]1=NC(c2ccc(-n3c(=O)c4c(n5ncc(Cc6ccccc6)c35)CN(C(=O)c3ccc(Br)c(Cl)c3)CC4)cc2)N=N1. The Morgan fingerprint density at radius 2 is 1.88 bits per heavy atom. The lowest BCUT2D eigenvalue weighted by Gasteiger charge is -2.30. The van der Waals surface area contributed by atoms with E-state index in [-0.39, 0.29) is 18.0 Å². The Hall–Kier alpha value is -4.48. The van der Waals surface area contributed by atoms with Crippen LogP contribution in [0.5, 0.6) is 0 Å². The van der Waals surface area contributed by atoms with Crippen LogP contribution in [0.2, 0.25) is 5.02 Å². The third kappa shape index (κ3) is 4.98. The summed E-state index contributed by atoms with van der Waals surface area (Å²) >= 11 is 9.67. The predicted octanol–water partition coefficient (Wildman–Crippen LogP) is 6.16. The molecule has 2 aliphatic heterocycles. The lowest BCUT2D eigenvalue weighted by atomic mass is 10.0. The van der Waals surface area contributed by atoms with Crippen LogP contribution in [0.25, 0.3) is 11.3 Å². The number of carbonyl (C=O) groups is 1. The highest BCUT2D eigenvalue weighted by Gasteiger charge is 2.30. The minimum absolute atomic E-state index is 0.117. The van der Waals surface area contributed by atoms with Gasteiger partial charge in [0.1, 0.15) is 12.7 Å². The maximum absolute atomic E-state index is 14.3. The summed E-state index contributed by atoms with van der Waals surface area (Å²) in [4.78, 5) is 31.0. The van der Waals surface area contributed by atoms with Gasteiger partial charge in [-0.25, -0.2) is 4.52 Å². The smallest absolute Gasteiger partial charge is 0.320 e. The molecule has 0 bridgehead atoms. The molecule has 43 heavy (non-hydrogen) atoms. The molecule has 0 saturated heterocycles. The standard InChI is InChI=1S/C31H25BrClN8O2/c1-38-36-28(35-37-38)20-7-10-23(11-8-20)40-29-22(15-19-5-3-2-4-6-19)17-34-41(29)27-18-39(14-13-24(27)31(40)43)30(42)21-9-12-25(32)26(33)16-21/h2-12,16-17,28H,13-15,18H2,1H3/q+1. The van der Waals surface area contributed by atoms with Crippen LogP contribution in [0.3, 0.4) is 0 Å². The molecule has 7 rings (SSSR count). The number of hydrogen-bond donors (Lipinski definition) is 0. The number of nitrogens with zero attached hydrogens (tertiary/aromatic N) is 8. The summed E-state index contributed by atoms with van der Waals surface area (Å²) in [6.45, 7) is 0.653. The van der Waals surface area contributed by atoms with Gasteiger partial charge in [0.25, 0.3) is 11.5 Å². The van der Waals surface area contributed by atoms with Gasteiger partial charge in [-0.05, 0) is 68.2 Å². The maximum Gasteiger partial charge on any atom is 0.320 e. The molecule has 10 nitrogen and oxygen atoms in total. The van der Waals surface area contributed by atoms with E-state index in [9.17, 15) is 9.59 Å². The van der Waals surface area contributed by atoms with Crippen molar-refractivity contribution in [3.05, 3.63) is 132 Å². The first-order valence-corrected chi connectivity index (χ1v) is 14.9. The molecule has 2 aromatic heterocycles. The number of halogens is 2. The van der Waals surface area contributed by atoms with E-state index in [2.05, 4.69) is 43.5 Å². The number of fused-ring (bicyclic) bond motifs is 3. The molecule has 0 spiro atoms. The van der Waals surface area contributed by atoms with E-state index in [1.165, 1.54) is 4.81 Å². The fourth-order valence-corrected chi connectivity index (χ4v) is 6.06. The van der Waals surface area contributed by atoms with Gasteiger partial charge >= 0.3 is 6.17 Å². The molecule has 0 fully saturated rings. The maximum atomic E-state index is 14.3. The molecule has 0 aliphatic carbocycles. The summed E-state index contributed by atoms with van der Waals surface area (Å²) < 4.78 is 4.29. The van der Waals surface area contributed by atoms with E-state index in [1.54, 1.807) is 34.7 Å². The zero-order valence-corrected chi connectivity index (χ0v) is 25.4. The van der Waals surface area contributed by atoms with Crippen LogP contribution in [0.1, 0.15) is 44.5 Å². The molecular weight excluding hydrogens is 632 g/mol.